The van der Waals surface area contributed by atoms with Crippen molar-refractivity contribution in [3.63, 3.8) is 0 Å². The van der Waals surface area contributed by atoms with Gasteiger partial charge in [0.1, 0.15) is 5.82 Å². The lowest BCUT2D eigenvalue weighted by Gasteiger charge is -2.14. The molecule has 0 aliphatic heterocycles. The van der Waals surface area contributed by atoms with Gasteiger partial charge in [-0.25, -0.2) is 4.98 Å². The van der Waals surface area contributed by atoms with Gasteiger partial charge in [0.05, 0.1) is 27.8 Å². The average Bonchev–Trinajstić information content (AvgIpc) is 3.71. The lowest BCUT2D eigenvalue weighted by Crippen LogP contribution is -1.98. The lowest BCUT2D eigenvalue weighted by molar-refractivity contribution is 1.08. The number of rotatable bonds is 3. The summed E-state index contributed by atoms with van der Waals surface area (Å²) < 4.78 is 4.70. The summed E-state index contributed by atoms with van der Waals surface area (Å²) in [6.45, 7) is 0. The number of aromatic nitrogens is 3. The summed E-state index contributed by atoms with van der Waals surface area (Å²) in [5, 5.41) is 12.6. The molecule has 11 rings (SSSR count). The summed E-state index contributed by atoms with van der Waals surface area (Å²) in [4.78, 5) is 5.28. The molecule has 0 fully saturated rings. The molecular weight excluding hydrogens is 607 g/mol. The maximum absolute atomic E-state index is 5.28. The molecule has 0 unspecified atom stereocenters. The van der Waals surface area contributed by atoms with Gasteiger partial charge in [-0.05, 0) is 86.9 Å². The van der Waals surface area contributed by atoms with Crippen molar-refractivity contribution in [1.29, 1.82) is 0 Å². The van der Waals surface area contributed by atoms with Crippen molar-refractivity contribution in [3.8, 4) is 22.8 Å². The van der Waals surface area contributed by atoms with Crippen LogP contribution in [0.2, 0.25) is 0 Å². The van der Waals surface area contributed by atoms with Gasteiger partial charge in [-0.2, -0.15) is 0 Å². The number of hydrogen-bond acceptors (Lipinski definition) is 1. The van der Waals surface area contributed by atoms with Crippen LogP contribution in [-0.4, -0.2) is 14.1 Å². The maximum Gasteiger partial charge on any atom is 0.138 e. The first kappa shape index (κ1) is 27.3. The van der Waals surface area contributed by atoms with Crippen LogP contribution in [-0.2, 0) is 0 Å². The van der Waals surface area contributed by atoms with Gasteiger partial charge in [-0.3, -0.25) is 4.57 Å². The van der Waals surface area contributed by atoms with E-state index in [-0.39, 0.29) is 0 Å². The van der Waals surface area contributed by atoms with Gasteiger partial charge in [-0.15, -0.1) is 0 Å². The topological polar surface area (TPSA) is 22.8 Å². The van der Waals surface area contributed by atoms with E-state index in [1.807, 2.05) is 0 Å². The van der Waals surface area contributed by atoms with E-state index in [2.05, 4.69) is 185 Å². The van der Waals surface area contributed by atoms with E-state index in [0.717, 1.165) is 33.8 Å². The quantitative estimate of drug-likeness (QED) is 0.177. The molecule has 3 heterocycles. The molecule has 8 aromatic carbocycles. The third kappa shape index (κ3) is 3.83. The van der Waals surface area contributed by atoms with Crippen LogP contribution >= 0.6 is 0 Å². The first-order chi connectivity index (χ1) is 24.8. The van der Waals surface area contributed by atoms with Crippen LogP contribution in [0.1, 0.15) is 0 Å². The second-order valence-electron chi connectivity index (χ2n) is 13.2. The summed E-state index contributed by atoms with van der Waals surface area (Å²) >= 11 is 0. The molecule has 50 heavy (non-hydrogen) atoms. The highest BCUT2D eigenvalue weighted by Gasteiger charge is 2.17. The highest BCUT2D eigenvalue weighted by atomic mass is 15.1. The van der Waals surface area contributed by atoms with E-state index in [0.29, 0.717) is 0 Å². The largest absolute Gasteiger partial charge is 0.309 e. The number of para-hydroxylation sites is 3. The van der Waals surface area contributed by atoms with E-state index >= 15 is 0 Å². The van der Waals surface area contributed by atoms with Gasteiger partial charge >= 0.3 is 0 Å². The first-order valence-corrected chi connectivity index (χ1v) is 17.1. The number of hydrogen-bond donors (Lipinski definition) is 0. The Labute approximate surface area is 287 Å². The molecule has 0 atom stereocenters. The fraction of sp³-hybridized carbons (Fsp3) is 0. The predicted molar refractivity (Wildman–Crippen MR) is 211 cm³/mol. The molecule has 232 valence electrons. The van der Waals surface area contributed by atoms with E-state index in [9.17, 15) is 0 Å². The van der Waals surface area contributed by atoms with E-state index in [4.69, 9.17) is 4.98 Å². The van der Waals surface area contributed by atoms with Crippen LogP contribution in [0.3, 0.4) is 0 Å². The monoisotopic (exact) mass is 635 g/mol. The minimum absolute atomic E-state index is 0.915. The molecule has 0 N–H and O–H groups in total. The number of benzene rings is 8. The Balaban J connectivity index is 1.11. The lowest BCUT2D eigenvalue weighted by atomic mass is 9.94. The smallest absolute Gasteiger partial charge is 0.138 e. The average molecular weight is 636 g/mol. The van der Waals surface area contributed by atoms with Crippen LogP contribution in [0, 0.1) is 0 Å². The van der Waals surface area contributed by atoms with E-state index < -0.39 is 0 Å². The predicted octanol–water partition coefficient (Wildman–Crippen LogP) is 12.4. The third-order valence-electron chi connectivity index (χ3n) is 10.5. The Hall–Kier alpha value is -6.71. The molecule has 0 bridgehead atoms. The highest BCUT2D eigenvalue weighted by Crippen LogP contribution is 2.39. The van der Waals surface area contributed by atoms with Crippen molar-refractivity contribution in [2.45, 2.75) is 0 Å². The Morgan fingerprint density at radius 2 is 0.780 bits per heavy atom. The maximum atomic E-state index is 5.28. The molecule has 0 aliphatic carbocycles. The van der Waals surface area contributed by atoms with Gasteiger partial charge in [0.15, 0.2) is 0 Å². The van der Waals surface area contributed by atoms with Crippen molar-refractivity contribution in [2.24, 2.45) is 0 Å². The summed E-state index contributed by atoms with van der Waals surface area (Å²) in [6, 6.07) is 63.6. The number of fused-ring (bicyclic) bond motifs is 12. The number of pyridine rings is 1. The zero-order valence-corrected chi connectivity index (χ0v) is 27.1. The minimum atomic E-state index is 0.915. The van der Waals surface area contributed by atoms with Crippen LogP contribution < -0.4 is 0 Å². The van der Waals surface area contributed by atoms with E-state index in [1.54, 1.807) is 0 Å². The summed E-state index contributed by atoms with van der Waals surface area (Å²) in [5.41, 5.74) is 7.89. The zero-order chi connectivity index (χ0) is 32.8. The fourth-order valence-corrected chi connectivity index (χ4v) is 8.32. The molecule has 11 aromatic rings. The second kappa shape index (κ2) is 10.4. The van der Waals surface area contributed by atoms with Gasteiger partial charge < -0.3 is 4.57 Å². The van der Waals surface area contributed by atoms with Gasteiger partial charge in [0.2, 0.25) is 0 Å². The molecule has 3 heteroatoms. The van der Waals surface area contributed by atoms with Crippen LogP contribution in [0.25, 0.3) is 98.7 Å². The zero-order valence-electron chi connectivity index (χ0n) is 27.1. The van der Waals surface area contributed by atoms with Crippen LogP contribution in [0.4, 0.5) is 0 Å². The first-order valence-electron chi connectivity index (χ1n) is 17.1. The summed E-state index contributed by atoms with van der Waals surface area (Å²) in [7, 11) is 0. The van der Waals surface area contributed by atoms with Crippen molar-refractivity contribution < 1.29 is 0 Å². The molecular formula is C47H29N3. The molecule has 3 aromatic heterocycles. The Morgan fingerprint density at radius 3 is 1.40 bits per heavy atom. The Morgan fingerprint density at radius 1 is 0.300 bits per heavy atom. The minimum Gasteiger partial charge on any atom is -0.309 e. The number of nitrogens with zero attached hydrogens (tertiary/aromatic N) is 3. The Bertz CT molecular complexity index is 3070. The SMILES string of the molecule is c1cc(-c2ccc3c(c2)c2ccccc2n3-c2ccc3c4ccccc4c4ccccc4c3c2)nc(-n2c3ccccc3c3ccccc32)c1. The normalized spacial score (nSPS) is 12.0. The highest BCUT2D eigenvalue weighted by molar-refractivity contribution is 6.25. The molecule has 0 saturated carbocycles. The fourth-order valence-electron chi connectivity index (χ4n) is 8.32. The van der Waals surface area contributed by atoms with Crippen molar-refractivity contribution in [3.05, 3.63) is 176 Å². The second-order valence-corrected chi connectivity index (χ2v) is 13.2. The third-order valence-corrected chi connectivity index (χ3v) is 10.5. The standard InChI is InChI=1S/C47H29N3/c1-2-14-34-32(12-1)33-13-3-4-15-35(33)40-29-31(25-26-36(34)40)49-43-20-8-7-18-39(43)41-28-30(24-27-46(41)49)42-19-11-23-47(48-42)50-44-21-9-5-16-37(44)38-17-6-10-22-45(38)50/h1-29H. The van der Waals surface area contributed by atoms with Crippen LogP contribution in [0.5, 0.6) is 0 Å². The van der Waals surface area contributed by atoms with Crippen LogP contribution in [0.15, 0.2) is 176 Å². The van der Waals surface area contributed by atoms with Gasteiger partial charge in [0.25, 0.3) is 0 Å². The summed E-state index contributed by atoms with van der Waals surface area (Å²) in [5.74, 6) is 0.915. The summed E-state index contributed by atoms with van der Waals surface area (Å²) in [6.07, 6.45) is 0. The van der Waals surface area contributed by atoms with Gasteiger partial charge in [-0.1, -0.05) is 121 Å². The van der Waals surface area contributed by atoms with Gasteiger partial charge in [0, 0.05) is 32.8 Å². The van der Waals surface area contributed by atoms with E-state index in [1.165, 1.54) is 64.9 Å². The van der Waals surface area contributed by atoms with Crippen molar-refractivity contribution >= 4 is 75.9 Å². The molecule has 0 aliphatic rings. The molecule has 0 radical (unpaired) electrons. The molecule has 0 spiro atoms. The van der Waals surface area contributed by atoms with Crippen molar-refractivity contribution in [2.75, 3.05) is 0 Å². The molecule has 3 nitrogen and oxygen atoms in total. The molecule has 0 amide bonds. The molecule has 0 saturated heterocycles. The Kier molecular flexibility index (Phi) is 5.67. The van der Waals surface area contributed by atoms with Crippen molar-refractivity contribution in [1.82, 2.24) is 14.1 Å².